The molecule has 0 spiro atoms. The Labute approximate surface area is 163 Å². The molecule has 0 radical (unpaired) electrons. The van der Waals surface area contributed by atoms with Gasteiger partial charge in [-0.1, -0.05) is 35.3 Å². The third-order valence-electron chi connectivity index (χ3n) is 3.53. The first-order chi connectivity index (χ1) is 12.0. The largest absolute Gasteiger partial charge is 0.380 e. The number of thiazole rings is 1. The van der Waals surface area contributed by atoms with Crippen LogP contribution in [-0.4, -0.2) is 4.98 Å². The summed E-state index contributed by atoms with van der Waals surface area (Å²) in [5.74, 6) is 0.317. The monoisotopic (exact) mass is 413 g/mol. The predicted octanol–water partition coefficient (Wildman–Crippen LogP) is 6.63. The molecule has 3 rings (SSSR count). The Balaban J connectivity index is 1.71. The standard InChI is InChI=1S/C17H14Cl2FN3S2/c1-10-3-2-4-12(18)11(10)7-21-15-6-14(20)16(5-13(15)19)25-23-17-8-24-9-22-17/h2-6,8-9,21,23H,7H2,1H3. The van der Waals surface area contributed by atoms with E-state index < -0.39 is 0 Å². The van der Waals surface area contributed by atoms with Gasteiger partial charge in [0.1, 0.15) is 11.6 Å². The van der Waals surface area contributed by atoms with Gasteiger partial charge < -0.3 is 10.0 Å². The summed E-state index contributed by atoms with van der Waals surface area (Å²) in [4.78, 5) is 4.49. The Morgan fingerprint density at radius 2 is 2.08 bits per heavy atom. The zero-order valence-electron chi connectivity index (χ0n) is 13.1. The van der Waals surface area contributed by atoms with E-state index in [1.165, 1.54) is 17.4 Å². The van der Waals surface area contributed by atoms with Gasteiger partial charge in [-0.05, 0) is 48.2 Å². The van der Waals surface area contributed by atoms with Crippen LogP contribution < -0.4 is 10.0 Å². The van der Waals surface area contributed by atoms with Crippen LogP contribution in [0.3, 0.4) is 0 Å². The normalized spacial score (nSPS) is 10.7. The minimum Gasteiger partial charge on any atom is -0.380 e. The van der Waals surface area contributed by atoms with Crippen LogP contribution in [0.2, 0.25) is 10.0 Å². The van der Waals surface area contributed by atoms with Crippen molar-refractivity contribution in [2.45, 2.75) is 18.4 Å². The first kappa shape index (κ1) is 18.3. The van der Waals surface area contributed by atoms with Crippen LogP contribution in [0, 0.1) is 12.7 Å². The van der Waals surface area contributed by atoms with Crippen LogP contribution in [-0.2, 0) is 6.54 Å². The Hall–Kier alpha value is -1.47. The minimum absolute atomic E-state index is 0.365. The molecule has 0 aliphatic heterocycles. The topological polar surface area (TPSA) is 37.0 Å². The molecule has 3 nitrogen and oxygen atoms in total. The number of anilines is 2. The molecule has 1 aromatic heterocycles. The van der Waals surface area contributed by atoms with Gasteiger partial charge in [-0.3, -0.25) is 0 Å². The lowest BCUT2D eigenvalue weighted by Crippen LogP contribution is -2.03. The summed E-state index contributed by atoms with van der Waals surface area (Å²) in [6.45, 7) is 2.45. The van der Waals surface area contributed by atoms with Crippen LogP contribution in [0.5, 0.6) is 0 Å². The molecule has 0 unspecified atom stereocenters. The number of aromatic nitrogens is 1. The predicted molar refractivity (Wildman–Crippen MR) is 107 cm³/mol. The first-order valence-corrected chi connectivity index (χ1v) is 9.84. The van der Waals surface area contributed by atoms with Crippen LogP contribution >= 0.6 is 46.5 Å². The molecular formula is C17H14Cl2FN3S2. The van der Waals surface area contributed by atoms with Gasteiger partial charge in [0, 0.05) is 16.9 Å². The van der Waals surface area contributed by atoms with E-state index in [0.717, 1.165) is 23.1 Å². The quantitative estimate of drug-likeness (QED) is 0.444. The summed E-state index contributed by atoms with van der Waals surface area (Å²) in [6.07, 6.45) is 0. The van der Waals surface area contributed by atoms with Gasteiger partial charge in [0.05, 0.1) is 21.1 Å². The molecule has 2 aromatic carbocycles. The maximum absolute atomic E-state index is 14.3. The molecule has 0 bridgehead atoms. The lowest BCUT2D eigenvalue weighted by Gasteiger charge is -2.13. The van der Waals surface area contributed by atoms with Crippen molar-refractivity contribution in [2.75, 3.05) is 10.0 Å². The van der Waals surface area contributed by atoms with E-state index in [2.05, 4.69) is 15.0 Å². The number of hydrogen-bond acceptors (Lipinski definition) is 5. The second-order valence-electron chi connectivity index (χ2n) is 5.23. The van der Waals surface area contributed by atoms with Crippen molar-refractivity contribution in [3.63, 3.8) is 0 Å². The number of benzene rings is 2. The van der Waals surface area contributed by atoms with E-state index >= 15 is 0 Å². The summed E-state index contributed by atoms with van der Waals surface area (Å²) >= 11 is 15.1. The SMILES string of the molecule is Cc1cccc(Cl)c1CNc1cc(F)c(SNc2cscn2)cc1Cl. The third-order valence-corrected chi connectivity index (χ3v) is 5.63. The number of rotatable bonds is 6. The van der Waals surface area contributed by atoms with Crippen molar-refractivity contribution < 1.29 is 4.39 Å². The van der Waals surface area contributed by atoms with Gasteiger partial charge in [-0.25, -0.2) is 9.37 Å². The average Bonchev–Trinajstić information content (AvgIpc) is 3.09. The summed E-state index contributed by atoms with van der Waals surface area (Å²) in [6, 6.07) is 8.68. The first-order valence-electron chi connectivity index (χ1n) is 7.32. The number of halogens is 3. The van der Waals surface area contributed by atoms with E-state index in [1.807, 2.05) is 30.5 Å². The summed E-state index contributed by atoms with van der Waals surface area (Å²) < 4.78 is 17.3. The van der Waals surface area contributed by atoms with Crippen molar-refractivity contribution in [1.82, 2.24) is 4.98 Å². The fourth-order valence-corrected chi connectivity index (χ4v) is 3.99. The molecule has 0 amide bonds. The Morgan fingerprint density at radius 3 is 2.80 bits per heavy atom. The molecule has 25 heavy (non-hydrogen) atoms. The minimum atomic E-state index is -0.365. The summed E-state index contributed by atoms with van der Waals surface area (Å²) in [5.41, 5.74) is 4.26. The lowest BCUT2D eigenvalue weighted by molar-refractivity contribution is 0.602. The fourth-order valence-electron chi connectivity index (χ4n) is 2.19. The van der Waals surface area contributed by atoms with Gasteiger partial charge in [0.2, 0.25) is 0 Å². The van der Waals surface area contributed by atoms with Crippen LogP contribution in [0.25, 0.3) is 0 Å². The Bertz CT molecular complexity index is 852. The van der Waals surface area contributed by atoms with E-state index in [0.29, 0.717) is 33.0 Å². The maximum Gasteiger partial charge on any atom is 0.147 e. The van der Waals surface area contributed by atoms with Crippen molar-refractivity contribution in [2.24, 2.45) is 0 Å². The van der Waals surface area contributed by atoms with Crippen LogP contribution in [0.15, 0.2) is 46.1 Å². The highest BCUT2D eigenvalue weighted by Gasteiger charge is 2.11. The van der Waals surface area contributed by atoms with Gasteiger partial charge in [0.15, 0.2) is 0 Å². The fraction of sp³-hybridized carbons (Fsp3) is 0.118. The zero-order valence-corrected chi connectivity index (χ0v) is 16.3. The highest BCUT2D eigenvalue weighted by atomic mass is 35.5. The number of nitrogens with zero attached hydrogens (tertiary/aromatic N) is 1. The van der Waals surface area contributed by atoms with E-state index in [-0.39, 0.29) is 5.82 Å². The molecule has 2 N–H and O–H groups in total. The van der Waals surface area contributed by atoms with Gasteiger partial charge in [-0.2, -0.15) is 0 Å². The lowest BCUT2D eigenvalue weighted by atomic mass is 10.1. The van der Waals surface area contributed by atoms with Gasteiger partial charge in [0.25, 0.3) is 0 Å². The molecular weight excluding hydrogens is 400 g/mol. The van der Waals surface area contributed by atoms with Crippen molar-refractivity contribution in [3.05, 3.63) is 68.2 Å². The molecule has 3 aromatic rings. The second-order valence-corrected chi connectivity index (χ2v) is 7.61. The summed E-state index contributed by atoms with van der Waals surface area (Å²) in [5, 5.41) is 6.10. The molecule has 0 atom stereocenters. The number of nitrogens with one attached hydrogen (secondary N) is 2. The molecule has 1 heterocycles. The Morgan fingerprint density at radius 1 is 1.24 bits per heavy atom. The molecule has 8 heteroatoms. The van der Waals surface area contributed by atoms with Gasteiger partial charge in [-0.15, -0.1) is 11.3 Å². The molecule has 0 saturated carbocycles. The third kappa shape index (κ3) is 4.58. The second kappa shape index (κ2) is 8.27. The van der Waals surface area contributed by atoms with Crippen molar-refractivity contribution in [1.29, 1.82) is 0 Å². The van der Waals surface area contributed by atoms with Crippen molar-refractivity contribution in [3.8, 4) is 0 Å². The van der Waals surface area contributed by atoms with Crippen LogP contribution in [0.1, 0.15) is 11.1 Å². The van der Waals surface area contributed by atoms with E-state index in [9.17, 15) is 4.39 Å². The highest BCUT2D eigenvalue weighted by molar-refractivity contribution is 8.00. The van der Waals surface area contributed by atoms with Crippen molar-refractivity contribution >= 4 is 58.0 Å². The average molecular weight is 414 g/mol. The van der Waals surface area contributed by atoms with Gasteiger partial charge >= 0.3 is 0 Å². The smallest absolute Gasteiger partial charge is 0.147 e. The molecule has 130 valence electrons. The Kier molecular flexibility index (Phi) is 6.06. The van der Waals surface area contributed by atoms with E-state index in [4.69, 9.17) is 23.2 Å². The molecule has 0 aliphatic carbocycles. The maximum atomic E-state index is 14.3. The molecule has 0 aliphatic rings. The molecule has 0 saturated heterocycles. The summed E-state index contributed by atoms with van der Waals surface area (Å²) in [7, 11) is 0. The highest BCUT2D eigenvalue weighted by Crippen LogP contribution is 2.32. The van der Waals surface area contributed by atoms with E-state index in [1.54, 1.807) is 11.6 Å². The van der Waals surface area contributed by atoms with Crippen LogP contribution in [0.4, 0.5) is 15.9 Å². The zero-order chi connectivity index (χ0) is 17.8. The molecule has 0 fully saturated rings. The number of hydrogen-bond donors (Lipinski definition) is 2. The number of aryl methyl sites for hydroxylation is 1.